The van der Waals surface area contributed by atoms with Gasteiger partial charge in [0.15, 0.2) is 17.3 Å². The number of primary amides is 1. The molecule has 0 saturated heterocycles. The number of hydrogen-bond acceptors (Lipinski definition) is 10. The van der Waals surface area contributed by atoms with Crippen LogP contribution in [0.3, 0.4) is 0 Å². The predicted molar refractivity (Wildman–Crippen MR) is 158 cm³/mol. The van der Waals surface area contributed by atoms with E-state index in [4.69, 9.17) is 21.4 Å². The second-order valence-electron chi connectivity index (χ2n) is 9.78. The number of nitrogens with zero attached hydrogens (tertiary/aromatic N) is 8. The van der Waals surface area contributed by atoms with Crippen molar-refractivity contribution in [2.24, 2.45) is 10.8 Å². The second kappa shape index (κ2) is 10.7. The Balaban J connectivity index is 0.000000233. The van der Waals surface area contributed by atoms with Gasteiger partial charge in [0.1, 0.15) is 17.2 Å². The molecule has 1 amide bonds. The number of hydrogen-bond donors (Lipinski definition) is 3. The Morgan fingerprint density at radius 2 is 1.85 bits per heavy atom. The van der Waals surface area contributed by atoms with E-state index in [1.54, 1.807) is 25.2 Å². The Morgan fingerprint density at radius 1 is 1.00 bits per heavy atom. The maximum Gasteiger partial charge on any atom is 0.252 e. The number of anilines is 2. The molecule has 1 aromatic carbocycles. The first kappa shape index (κ1) is 26.0. The van der Waals surface area contributed by atoms with Crippen molar-refractivity contribution in [2.75, 3.05) is 17.4 Å². The van der Waals surface area contributed by atoms with E-state index >= 15 is 0 Å². The number of hydrazine groups is 1. The van der Waals surface area contributed by atoms with Gasteiger partial charge in [0.05, 0.1) is 23.4 Å². The number of aryl methyl sites for hydroxylation is 4. The zero-order chi connectivity index (χ0) is 28.5. The van der Waals surface area contributed by atoms with Crippen LogP contribution < -0.4 is 22.0 Å². The van der Waals surface area contributed by atoms with Crippen molar-refractivity contribution in [1.82, 2.24) is 34.9 Å². The van der Waals surface area contributed by atoms with Crippen molar-refractivity contribution in [3.05, 3.63) is 83.1 Å². The van der Waals surface area contributed by atoms with Crippen molar-refractivity contribution in [1.29, 1.82) is 0 Å². The van der Waals surface area contributed by atoms with Gasteiger partial charge in [0.25, 0.3) is 5.91 Å². The summed E-state index contributed by atoms with van der Waals surface area (Å²) in [5.74, 6) is 2.05. The fourth-order valence-corrected chi connectivity index (χ4v) is 5.05. The molecule has 12 nitrogen and oxygen atoms in total. The third-order valence-electron chi connectivity index (χ3n) is 7.02. The molecule has 206 valence electrons. The summed E-state index contributed by atoms with van der Waals surface area (Å²) >= 11 is 0. The van der Waals surface area contributed by atoms with E-state index in [1.165, 1.54) is 23.7 Å². The average molecular weight is 548 g/mol. The number of hydrazone groups is 1. The van der Waals surface area contributed by atoms with Gasteiger partial charge in [-0.15, -0.1) is 0 Å². The van der Waals surface area contributed by atoms with Gasteiger partial charge in [-0.25, -0.2) is 30.3 Å². The Morgan fingerprint density at radius 3 is 2.61 bits per heavy atom. The van der Waals surface area contributed by atoms with Crippen molar-refractivity contribution in [2.45, 2.75) is 33.1 Å². The molecule has 5 aromatic rings. The summed E-state index contributed by atoms with van der Waals surface area (Å²) < 4.78 is 2.07. The van der Waals surface area contributed by atoms with Crippen LogP contribution in [0.5, 0.6) is 0 Å². The third-order valence-corrected chi connectivity index (χ3v) is 7.02. The highest BCUT2D eigenvalue weighted by Crippen LogP contribution is 2.33. The minimum Gasteiger partial charge on any atom is -0.383 e. The summed E-state index contributed by atoms with van der Waals surface area (Å²) in [6.07, 6.45) is 8.39. The topological polar surface area (TPSA) is 166 Å². The SMILES string of the molecule is Cc1ncc(C(N)=O)c(C)n1.Nc1ncccc1-c1nc2ccc(N3N=CCN3)nc2n1-c1ccc2c(c1)CCC2. The van der Waals surface area contributed by atoms with E-state index < -0.39 is 5.91 Å². The highest BCUT2D eigenvalue weighted by atomic mass is 16.1. The summed E-state index contributed by atoms with van der Waals surface area (Å²) in [6, 6.07) is 14.3. The summed E-state index contributed by atoms with van der Waals surface area (Å²) in [6.45, 7) is 4.17. The number of nitrogens with two attached hydrogens (primary N) is 2. The fraction of sp³-hybridized carbons (Fsp3) is 0.207. The molecular weight excluding hydrogens is 518 g/mol. The molecule has 0 spiro atoms. The van der Waals surface area contributed by atoms with Crippen LogP contribution in [-0.4, -0.2) is 48.2 Å². The van der Waals surface area contributed by atoms with Crippen LogP contribution in [-0.2, 0) is 12.8 Å². The number of carbonyl (C=O) groups excluding carboxylic acids is 1. The molecule has 2 aliphatic rings. The fourth-order valence-electron chi connectivity index (χ4n) is 5.05. The van der Waals surface area contributed by atoms with Crippen LogP contribution in [0.25, 0.3) is 28.2 Å². The lowest BCUT2D eigenvalue weighted by Crippen LogP contribution is -2.29. The molecule has 41 heavy (non-hydrogen) atoms. The zero-order valence-corrected chi connectivity index (χ0v) is 22.7. The van der Waals surface area contributed by atoms with Crippen LogP contribution >= 0.6 is 0 Å². The second-order valence-corrected chi connectivity index (χ2v) is 9.78. The number of amides is 1. The lowest BCUT2D eigenvalue weighted by molar-refractivity contribution is 0.0999. The number of carbonyl (C=O) groups is 1. The van der Waals surface area contributed by atoms with Gasteiger partial charge in [0, 0.05) is 24.3 Å². The van der Waals surface area contributed by atoms with Gasteiger partial charge < -0.3 is 11.5 Å². The molecule has 0 unspecified atom stereocenters. The highest BCUT2D eigenvalue weighted by Gasteiger charge is 2.21. The Hall–Kier alpha value is -5.23. The van der Waals surface area contributed by atoms with E-state index in [0.717, 1.165) is 41.1 Å². The predicted octanol–water partition coefficient (Wildman–Crippen LogP) is 3.06. The smallest absolute Gasteiger partial charge is 0.252 e. The number of aromatic nitrogens is 6. The van der Waals surface area contributed by atoms with Gasteiger partial charge in [-0.1, -0.05) is 6.07 Å². The minimum atomic E-state index is -0.484. The largest absolute Gasteiger partial charge is 0.383 e. The summed E-state index contributed by atoms with van der Waals surface area (Å²) in [5.41, 5.74) is 21.6. The first-order valence-corrected chi connectivity index (χ1v) is 13.3. The van der Waals surface area contributed by atoms with E-state index in [9.17, 15) is 4.79 Å². The lowest BCUT2D eigenvalue weighted by Gasteiger charge is -2.14. The molecule has 5 heterocycles. The third kappa shape index (κ3) is 5.08. The summed E-state index contributed by atoms with van der Waals surface area (Å²) in [5, 5.41) is 5.99. The molecule has 0 atom stereocenters. The van der Waals surface area contributed by atoms with Crippen molar-refractivity contribution < 1.29 is 4.79 Å². The molecule has 7 rings (SSSR count). The van der Waals surface area contributed by atoms with Crippen LogP contribution in [0.2, 0.25) is 0 Å². The number of nitrogen functional groups attached to an aromatic ring is 1. The number of benzene rings is 1. The lowest BCUT2D eigenvalue weighted by atomic mass is 10.1. The van der Waals surface area contributed by atoms with Gasteiger partial charge in [-0.3, -0.25) is 9.36 Å². The Labute approximate surface area is 236 Å². The van der Waals surface area contributed by atoms with Gasteiger partial charge in [0.2, 0.25) is 0 Å². The molecule has 4 aromatic heterocycles. The first-order chi connectivity index (χ1) is 19.9. The monoisotopic (exact) mass is 547 g/mol. The molecule has 0 saturated carbocycles. The van der Waals surface area contributed by atoms with Crippen molar-refractivity contribution in [3.63, 3.8) is 0 Å². The highest BCUT2D eigenvalue weighted by molar-refractivity contribution is 5.93. The number of pyridine rings is 2. The van der Waals surface area contributed by atoms with Gasteiger partial charge >= 0.3 is 0 Å². The number of fused-ring (bicyclic) bond motifs is 2. The number of imidazole rings is 1. The Kier molecular flexibility index (Phi) is 6.81. The molecular formula is C29H29N11O. The molecule has 0 bridgehead atoms. The molecule has 5 N–H and O–H groups in total. The zero-order valence-electron chi connectivity index (χ0n) is 22.7. The first-order valence-electron chi connectivity index (χ1n) is 13.3. The minimum absolute atomic E-state index is 0.385. The Bertz CT molecular complexity index is 1810. The standard InChI is InChI=1S/C22H20N8.C7H9N3O/c23-20-17(5-2-10-24-20)21-27-18-8-9-19(30-25-11-12-26-30)28-22(18)29(21)16-7-6-14-3-1-4-15(14)13-16;1-4-6(7(8)11)3-9-5(2)10-4/h2,5-11,13,26H,1,3-4,12H2,(H2,23,24);3H,1-2H3,(H2,8,11). The van der Waals surface area contributed by atoms with E-state index in [2.05, 4.69) is 48.2 Å². The van der Waals surface area contributed by atoms with Crippen LogP contribution in [0.15, 0.2) is 60.0 Å². The molecule has 0 fully saturated rings. The number of nitrogens with one attached hydrogen (secondary N) is 1. The van der Waals surface area contributed by atoms with Crippen LogP contribution in [0, 0.1) is 13.8 Å². The quantitative estimate of drug-likeness (QED) is 0.306. The maximum absolute atomic E-state index is 10.7. The van der Waals surface area contributed by atoms with E-state index in [0.29, 0.717) is 35.3 Å². The van der Waals surface area contributed by atoms with E-state index in [1.807, 2.05) is 30.5 Å². The average Bonchev–Trinajstić information content (AvgIpc) is 3.72. The van der Waals surface area contributed by atoms with Gasteiger partial charge in [-0.05, 0) is 80.6 Å². The van der Waals surface area contributed by atoms with Crippen LogP contribution in [0.4, 0.5) is 11.6 Å². The molecule has 1 aliphatic heterocycles. The van der Waals surface area contributed by atoms with Crippen molar-refractivity contribution in [3.8, 4) is 17.1 Å². The maximum atomic E-state index is 10.7. The van der Waals surface area contributed by atoms with Crippen LogP contribution in [0.1, 0.15) is 39.4 Å². The van der Waals surface area contributed by atoms with E-state index in [-0.39, 0.29) is 0 Å². The molecule has 0 radical (unpaired) electrons. The normalized spacial score (nSPS) is 13.8. The van der Waals surface area contributed by atoms with Gasteiger partial charge in [-0.2, -0.15) is 10.2 Å². The number of rotatable bonds is 4. The summed E-state index contributed by atoms with van der Waals surface area (Å²) in [7, 11) is 0. The molecule has 12 heteroatoms. The molecule has 1 aliphatic carbocycles. The summed E-state index contributed by atoms with van der Waals surface area (Å²) in [4.78, 5) is 32.5. The van der Waals surface area contributed by atoms with Crippen molar-refractivity contribution >= 4 is 34.9 Å².